The fourth-order valence-electron chi connectivity index (χ4n) is 2.39. The second-order valence-electron chi connectivity index (χ2n) is 5.35. The Morgan fingerprint density at radius 2 is 2.20 bits per heavy atom. The van der Waals surface area contributed by atoms with Crippen molar-refractivity contribution in [2.45, 2.75) is 32.2 Å². The maximum absolute atomic E-state index is 5.71. The third kappa shape index (κ3) is 3.34. The van der Waals surface area contributed by atoms with Gasteiger partial charge in [0, 0.05) is 16.6 Å². The van der Waals surface area contributed by atoms with Gasteiger partial charge in [-0.2, -0.15) is 0 Å². The van der Waals surface area contributed by atoms with Gasteiger partial charge in [-0.05, 0) is 48.8 Å². The third-order valence-corrected chi connectivity index (χ3v) is 4.53. The molecule has 0 spiro atoms. The molecule has 20 heavy (non-hydrogen) atoms. The van der Waals surface area contributed by atoms with E-state index in [9.17, 15) is 0 Å². The number of nitrogens with one attached hydrogen (secondary N) is 1. The summed E-state index contributed by atoms with van der Waals surface area (Å²) in [5.74, 6) is 1.74. The molecule has 1 aliphatic rings. The number of anilines is 1. The number of hydrogen-bond donors (Lipinski definition) is 1. The summed E-state index contributed by atoms with van der Waals surface area (Å²) in [6, 6.07) is 13.1. The van der Waals surface area contributed by atoms with Crippen molar-refractivity contribution < 1.29 is 4.74 Å². The van der Waals surface area contributed by atoms with Gasteiger partial charge < -0.3 is 10.1 Å². The Morgan fingerprint density at radius 1 is 1.30 bits per heavy atom. The lowest BCUT2D eigenvalue weighted by Gasteiger charge is -2.19. The average molecular weight is 287 g/mol. The summed E-state index contributed by atoms with van der Waals surface area (Å²) in [6.45, 7) is 2.91. The largest absolute Gasteiger partial charge is 0.494 e. The van der Waals surface area contributed by atoms with E-state index in [1.54, 1.807) is 0 Å². The van der Waals surface area contributed by atoms with Crippen LogP contribution in [0.1, 0.15) is 37.1 Å². The number of rotatable bonds is 7. The van der Waals surface area contributed by atoms with Crippen LogP contribution in [0.5, 0.6) is 5.75 Å². The molecule has 1 atom stereocenters. The highest BCUT2D eigenvalue weighted by Gasteiger charge is 2.32. The summed E-state index contributed by atoms with van der Waals surface area (Å²) in [6.07, 6.45) is 3.71. The fourth-order valence-corrected chi connectivity index (χ4v) is 3.26. The van der Waals surface area contributed by atoms with Crippen molar-refractivity contribution in [2.75, 3.05) is 11.9 Å². The van der Waals surface area contributed by atoms with Gasteiger partial charge in [0.1, 0.15) is 5.75 Å². The Morgan fingerprint density at radius 3 is 2.90 bits per heavy atom. The number of ether oxygens (including phenoxy) is 1. The Balaban J connectivity index is 1.72. The summed E-state index contributed by atoms with van der Waals surface area (Å²) in [5, 5.41) is 5.85. The number of benzene rings is 1. The summed E-state index contributed by atoms with van der Waals surface area (Å²) >= 11 is 1.84. The van der Waals surface area contributed by atoms with Crippen LogP contribution in [-0.4, -0.2) is 6.61 Å². The van der Waals surface area contributed by atoms with Gasteiger partial charge in [-0.3, -0.25) is 0 Å². The zero-order valence-electron chi connectivity index (χ0n) is 11.8. The van der Waals surface area contributed by atoms with Crippen LogP contribution in [0.25, 0.3) is 0 Å². The van der Waals surface area contributed by atoms with E-state index in [0.29, 0.717) is 6.04 Å². The van der Waals surface area contributed by atoms with Gasteiger partial charge in [0.05, 0.1) is 12.6 Å². The monoisotopic (exact) mass is 287 g/mol. The van der Waals surface area contributed by atoms with Crippen LogP contribution < -0.4 is 10.1 Å². The predicted molar refractivity (Wildman–Crippen MR) is 85.6 cm³/mol. The van der Waals surface area contributed by atoms with Crippen molar-refractivity contribution in [3.05, 3.63) is 46.7 Å². The molecule has 1 heterocycles. The predicted octanol–water partition coefficient (Wildman–Crippen LogP) is 5.10. The summed E-state index contributed by atoms with van der Waals surface area (Å²) in [5.41, 5.74) is 1.16. The van der Waals surface area contributed by atoms with Crippen molar-refractivity contribution in [2.24, 2.45) is 5.92 Å². The molecule has 3 heteroatoms. The smallest absolute Gasteiger partial charge is 0.121 e. The van der Waals surface area contributed by atoms with Crippen molar-refractivity contribution in [1.29, 1.82) is 0 Å². The van der Waals surface area contributed by atoms with Crippen LogP contribution in [0.2, 0.25) is 0 Å². The molecule has 0 radical (unpaired) electrons. The molecule has 1 aromatic carbocycles. The Kier molecular flexibility index (Phi) is 4.26. The zero-order valence-corrected chi connectivity index (χ0v) is 12.7. The molecule has 2 aromatic rings. The third-order valence-electron chi connectivity index (χ3n) is 3.57. The number of thiophene rings is 1. The first-order valence-corrected chi connectivity index (χ1v) is 8.27. The standard InChI is InChI=1S/C17H21NOS/c1-2-10-19-15-6-3-5-14(12-15)18-17(13-8-9-13)16-7-4-11-20-16/h3-7,11-13,17-18H,2,8-10H2,1H3. The van der Waals surface area contributed by atoms with E-state index in [1.807, 2.05) is 17.4 Å². The SMILES string of the molecule is CCCOc1cccc(NC(c2cccs2)C2CC2)c1. The topological polar surface area (TPSA) is 21.3 Å². The van der Waals surface area contributed by atoms with Crippen molar-refractivity contribution in [1.82, 2.24) is 0 Å². The maximum atomic E-state index is 5.71. The fraction of sp³-hybridized carbons (Fsp3) is 0.412. The lowest BCUT2D eigenvalue weighted by atomic mass is 10.1. The molecule has 1 saturated carbocycles. The number of hydrogen-bond acceptors (Lipinski definition) is 3. The van der Waals surface area contributed by atoms with Gasteiger partial charge in [-0.1, -0.05) is 19.1 Å². The van der Waals surface area contributed by atoms with Crippen LogP contribution in [0, 0.1) is 5.92 Å². The quantitative estimate of drug-likeness (QED) is 0.765. The second kappa shape index (κ2) is 6.31. The van der Waals surface area contributed by atoms with Crippen molar-refractivity contribution >= 4 is 17.0 Å². The van der Waals surface area contributed by atoms with Crippen LogP contribution in [0.3, 0.4) is 0 Å². The molecule has 0 amide bonds. The molecule has 1 fully saturated rings. The van der Waals surface area contributed by atoms with Gasteiger partial charge in [-0.15, -0.1) is 11.3 Å². The molecular weight excluding hydrogens is 266 g/mol. The highest BCUT2D eigenvalue weighted by Crippen LogP contribution is 2.44. The summed E-state index contributed by atoms with van der Waals surface area (Å²) in [4.78, 5) is 1.44. The van der Waals surface area contributed by atoms with Gasteiger partial charge in [0.25, 0.3) is 0 Å². The van der Waals surface area contributed by atoms with Crippen LogP contribution >= 0.6 is 11.3 Å². The van der Waals surface area contributed by atoms with E-state index in [-0.39, 0.29) is 0 Å². The van der Waals surface area contributed by atoms with E-state index in [1.165, 1.54) is 17.7 Å². The molecule has 1 aromatic heterocycles. The molecule has 3 rings (SSSR count). The van der Waals surface area contributed by atoms with Gasteiger partial charge >= 0.3 is 0 Å². The van der Waals surface area contributed by atoms with Crippen molar-refractivity contribution in [3.63, 3.8) is 0 Å². The molecule has 1 N–H and O–H groups in total. The van der Waals surface area contributed by atoms with E-state index in [4.69, 9.17) is 4.74 Å². The molecule has 0 saturated heterocycles. The van der Waals surface area contributed by atoms with Gasteiger partial charge in [0.2, 0.25) is 0 Å². The van der Waals surface area contributed by atoms with Crippen LogP contribution in [-0.2, 0) is 0 Å². The van der Waals surface area contributed by atoms with Crippen molar-refractivity contribution in [3.8, 4) is 5.75 Å². The molecule has 1 aliphatic carbocycles. The zero-order chi connectivity index (χ0) is 13.8. The highest BCUT2D eigenvalue weighted by atomic mass is 32.1. The Bertz CT molecular complexity index is 534. The molecule has 106 valence electrons. The van der Waals surface area contributed by atoms with Gasteiger partial charge in [0.15, 0.2) is 0 Å². The molecule has 0 bridgehead atoms. The lowest BCUT2D eigenvalue weighted by Crippen LogP contribution is -2.11. The molecule has 0 aliphatic heterocycles. The second-order valence-corrected chi connectivity index (χ2v) is 6.33. The molecule has 2 nitrogen and oxygen atoms in total. The Hall–Kier alpha value is -1.48. The van der Waals surface area contributed by atoms with Gasteiger partial charge in [-0.25, -0.2) is 0 Å². The highest BCUT2D eigenvalue weighted by molar-refractivity contribution is 7.10. The lowest BCUT2D eigenvalue weighted by molar-refractivity contribution is 0.317. The van der Waals surface area contributed by atoms with Crippen LogP contribution in [0.15, 0.2) is 41.8 Å². The average Bonchev–Trinajstić information content (AvgIpc) is 3.17. The first-order chi connectivity index (χ1) is 9.86. The minimum atomic E-state index is 0.455. The first-order valence-electron chi connectivity index (χ1n) is 7.39. The van der Waals surface area contributed by atoms with E-state index < -0.39 is 0 Å². The minimum absolute atomic E-state index is 0.455. The molecule has 1 unspecified atom stereocenters. The summed E-state index contributed by atoms with van der Waals surface area (Å²) < 4.78 is 5.71. The maximum Gasteiger partial charge on any atom is 0.121 e. The Labute approximate surface area is 124 Å². The summed E-state index contributed by atoms with van der Waals surface area (Å²) in [7, 11) is 0. The van der Waals surface area contributed by atoms with E-state index >= 15 is 0 Å². The normalized spacial score (nSPS) is 15.8. The first kappa shape index (κ1) is 13.5. The van der Waals surface area contributed by atoms with Crippen LogP contribution in [0.4, 0.5) is 5.69 Å². The molecular formula is C17H21NOS. The van der Waals surface area contributed by atoms with E-state index in [0.717, 1.165) is 30.4 Å². The van der Waals surface area contributed by atoms with E-state index in [2.05, 4.69) is 48.0 Å². The minimum Gasteiger partial charge on any atom is -0.494 e.